The second-order valence-corrected chi connectivity index (χ2v) is 6.01. The Hall–Kier alpha value is -2.25. The Kier molecular flexibility index (Phi) is 4.92. The third kappa shape index (κ3) is 3.63. The SMILES string of the molecule is O=C(N[C@@H]1CCCC[C@@H](O)[C@@H]1O)c1cc(-c2cccc(F)c2)no1. The largest absolute Gasteiger partial charge is 0.390 e. The fourth-order valence-corrected chi connectivity index (χ4v) is 2.89. The number of aliphatic hydroxyl groups is 2. The van der Waals surface area contributed by atoms with Gasteiger partial charge in [0.05, 0.1) is 12.1 Å². The highest BCUT2D eigenvalue weighted by atomic mass is 19.1. The van der Waals surface area contributed by atoms with Gasteiger partial charge in [-0.15, -0.1) is 0 Å². The Bertz CT molecular complexity index is 718. The molecule has 1 aromatic carbocycles. The van der Waals surface area contributed by atoms with Crippen LogP contribution in [-0.2, 0) is 0 Å². The molecule has 0 radical (unpaired) electrons. The van der Waals surface area contributed by atoms with E-state index < -0.39 is 30.0 Å². The lowest BCUT2D eigenvalue weighted by Gasteiger charge is -2.24. The maximum Gasteiger partial charge on any atom is 0.290 e. The number of hydrogen-bond acceptors (Lipinski definition) is 5. The minimum absolute atomic E-state index is 0.0276. The van der Waals surface area contributed by atoms with Crippen molar-refractivity contribution in [1.29, 1.82) is 0 Å². The van der Waals surface area contributed by atoms with Crippen LogP contribution in [0.1, 0.15) is 36.2 Å². The van der Waals surface area contributed by atoms with Crippen LogP contribution in [0.25, 0.3) is 11.3 Å². The molecule has 1 fully saturated rings. The predicted molar refractivity (Wildman–Crippen MR) is 83.6 cm³/mol. The minimum Gasteiger partial charge on any atom is -0.390 e. The number of aliphatic hydroxyl groups excluding tert-OH is 2. The monoisotopic (exact) mass is 334 g/mol. The minimum atomic E-state index is -1.01. The number of rotatable bonds is 3. The van der Waals surface area contributed by atoms with Gasteiger partial charge in [0.1, 0.15) is 17.6 Å². The van der Waals surface area contributed by atoms with Gasteiger partial charge < -0.3 is 20.1 Å². The average molecular weight is 334 g/mol. The van der Waals surface area contributed by atoms with Crippen molar-refractivity contribution in [2.24, 2.45) is 0 Å². The van der Waals surface area contributed by atoms with Crippen molar-refractivity contribution in [2.75, 3.05) is 0 Å². The third-order valence-corrected chi connectivity index (χ3v) is 4.24. The molecule has 7 heteroatoms. The smallest absolute Gasteiger partial charge is 0.290 e. The van der Waals surface area contributed by atoms with Crippen molar-refractivity contribution < 1.29 is 23.9 Å². The van der Waals surface area contributed by atoms with Crippen LogP contribution in [0.5, 0.6) is 0 Å². The van der Waals surface area contributed by atoms with Gasteiger partial charge >= 0.3 is 0 Å². The van der Waals surface area contributed by atoms with Crippen molar-refractivity contribution >= 4 is 5.91 Å². The quantitative estimate of drug-likeness (QED) is 0.745. The van der Waals surface area contributed by atoms with E-state index in [0.717, 1.165) is 12.8 Å². The molecule has 0 saturated heterocycles. The molecule has 0 bridgehead atoms. The van der Waals surface area contributed by atoms with E-state index in [0.29, 0.717) is 24.1 Å². The average Bonchev–Trinajstić information content (AvgIpc) is 3.01. The summed E-state index contributed by atoms with van der Waals surface area (Å²) in [4.78, 5) is 12.3. The fraction of sp³-hybridized carbons (Fsp3) is 0.412. The molecule has 0 aliphatic heterocycles. The van der Waals surface area contributed by atoms with Crippen LogP contribution >= 0.6 is 0 Å². The van der Waals surface area contributed by atoms with Crippen molar-refractivity contribution in [3.8, 4) is 11.3 Å². The number of carbonyl (C=O) groups excluding carboxylic acids is 1. The Morgan fingerprint density at radius 1 is 1.25 bits per heavy atom. The van der Waals surface area contributed by atoms with Gasteiger partial charge in [-0.1, -0.05) is 30.1 Å². The molecule has 1 heterocycles. The highest BCUT2D eigenvalue weighted by molar-refractivity contribution is 5.92. The van der Waals surface area contributed by atoms with Crippen molar-refractivity contribution in [2.45, 2.75) is 43.9 Å². The van der Waals surface area contributed by atoms with Crippen LogP contribution < -0.4 is 5.32 Å². The van der Waals surface area contributed by atoms with Crippen molar-refractivity contribution in [3.05, 3.63) is 41.9 Å². The summed E-state index contributed by atoms with van der Waals surface area (Å²) in [6.45, 7) is 0. The topological polar surface area (TPSA) is 95.6 Å². The van der Waals surface area contributed by atoms with Gasteiger partial charge in [0, 0.05) is 11.6 Å². The molecule has 3 rings (SSSR count). The first kappa shape index (κ1) is 16.6. The molecule has 1 saturated carbocycles. The van der Waals surface area contributed by atoms with Crippen LogP contribution in [0.3, 0.4) is 0 Å². The van der Waals surface area contributed by atoms with Crippen LogP contribution in [0, 0.1) is 5.82 Å². The number of aromatic nitrogens is 1. The molecule has 1 aromatic heterocycles. The molecule has 24 heavy (non-hydrogen) atoms. The third-order valence-electron chi connectivity index (χ3n) is 4.24. The van der Waals surface area contributed by atoms with Gasteiger partial charge in [0.2, 0.25) is 5.76 Å². The van der Waals surface area contributed by atoms with E-state index in [2.05, 4.69) is 10.5 Å². The van der Waals surface area contributed by atoms with E-state index >= 15 is 0 Å². The summed E-state index contributed by atoms with van der Waals surface area (Å²) < 4.78 is 18.3. The van der Waals surface area contributed by atoms with E-state index in [4.69, 9.17) is 4.52 Å². The van der Waals surface area contributed by atoms with Crippen LogP contribution in [0.15, 0.2) is 34.9 Å². The Morgan fingerprint density at radius 3 is 2.83 bits per heavy atom. The molecule has 1 aliphatic carbocycles. The second kappa shape index (κ2) is 7.11. The molecule has 0 unspecified atom stereocenters. The highest BCUT2D eigenvalue weighted by Crippen LogP contribution is 2.22. The predicted octanol–water partition coefficient (Wildman–Crippen LogP) is 1.87. The van der Waals surface area contributed by atoms with Gasteiger partial charge in [-0.2, -0.15) is 0 Å². The number of benzene rings is 1. The van der Waals surface area contributed by atoms with Gasteiger partial charge in [-0.25, -0.2) is 4.39 Å². The van der Waals surface area contributed by atoms with Crippen molar-refractivity contribution in [1.82, 2.24) is 10.5 Å². The Morgan fingerprint density at radius 2 is 2.04 bits per heavy atom. The summed E-state index contributed by atoms with van der Waals surface area (Å²) in [6, 6.07) is 6.69. The summed E-state index contributed by atoms with van der Waals surface area (Å²) in [5.41, 5.74) is 0.851. The number of hydrogen-bond donors (Lipinski definition) is 3. The lowest BCUT2D eigenvalue weighted by molar-refractivity contribution is -0.00152. The maximum atomic E-state index is 13.3. The molecule has 2 aromatic rings. The molecule has 1 amide bonds. The molecule has 6 nitrogen and oxygen atoms in total. The van der Waals surface area contributed by atoms with Crippen LogP contribution in [0.4, 0.5) is 4.39 Å². The first-order valence-electron chi connectivity index (χ1n) is 7.94. The zero-order valence-corrected chi connectivity index (χ0v) is 13.0. The van der Waals surface area contributed by atoms with Crippen LogP contribution in [0.2, 0.25) is 0 Å². The standard InChI is InChI=1S/C17H19FN2O4/c18-11-5-3-4-10(8-11)13-9-15(24-20-13)17(23)19-12-6-1-2-7-14(21)16(12)22/h3-5,8-9,12,14,16,21-22H,1-2,6-7H2,(H,19,23)/t12-,14-,16-/m1/s1. The molecule has 3 atom stereocenters. The molecule has 128 valence electrons. The van der Waals surface area contributed by atoms with Gasteiger partial charge in [0.25, 0.3) is 5.91 Å². The van der Waals surface area contributed by atoms with E-state index in [-0.39, 0.29) is 5.76 Å². The summed E-state index contributed by atoms with van der Waals surface area (Å²) in [5.74, 6) is -0.958. The zero-order chi connectivity index (χ0) is 17.1. The first-order chi connectivity index (χ1) is 11.5. The maximum absolute atomic E-state index is 13.3. The van der Waals surface area contributed by atoms with Gasteiger partial charge in [0.15, 0.2) is 0 Å². The second-order valence-electron chi connectivity index (χ2n) is 6.01. The fourth-order valence-electron chi connectivity index (χ4n) is 2.89. The Balaban J connectivity index is 1.71. The van der Waals surface area contributed by atoms with Crippen LogP contribution in [-0.4, -0.2) is 39.5 Å². The number of nitrogens with zero attached hydrogens (tertiary/aromatic N) is 1. The molecule has 1 aliphatic rings. The number of halogens is 1. The highest BCUT2D eigenvalue weighted by Gasteiger charge is 2.30. The van der Waals surface area contributed by atoms with E-state index in [1.54, 1.807) is 12.1 Å². The molecular weight excluding hydrogens is 315 g/mol. The lowest BCUT2D eigenvalue weighted by atomic mass is 10.0. The Labute approximate surface area is 138 Å². The van der Waals surface area contributed by atoms with E-state index in [1.807, 2.05) is 0 Å². The van der Waals surface area contributed by atoms with Gasteiger partial charge in [-0.05, 0) is 25.0 Å². The lowest BCUT2D eigenvalue weighted by Crippen LogP contribution is -2.47. The van der Waals surface area contributed by atoms with E-state index in [9.17, 15) is 19.4 Å². The first-order valence-corrected chi connectivity index (χ1v) is 7.94. The summed E-state index contributed by atoms with van der Waals surface area (Å²) in [7, 11) is 0. The summed E-state index contributed by atoms with van der Waals surface area (Å²) in [5, 5.41) is 26.3. The number of nitrogens with one attached hydrogen (secondary N) is 1. The molecular formula is C17H19FN2O4. The normalized spacial score (nSPS) is 24.4. The number of amides is 1. The van der Waals surface area contributed by atoms with Gasteiger partial charge in [-0.3, -0.25) is 4.79 Å². The number of carbonyl (C=O) groups is 1. The molecule has 3 N–H and O–H groups in total. The molecule has 0 spiro atoms. The summed E-state index contributed by atoms with van der Waals surface area (Å²) in [6.07, 6.45) is 0.840. The summed E-state index contributed by atoms with van der Waals surface area (Å²) >= 11 is 0. The van der Waals surface area contributed by atoms with Crippen molar-refractivity contribution in [3.63, 3.8) is 0 Å². The zero-order valence-electron chi connectivity index (χ0n) is 13.0. The van der Waals surface area contributed by atoms with E-state index in [1.165, 1.54) is 18.2 Å².